The third-order valence-corrected chi connectivity index (χ3v) is 4.64. The van der Waals surface area contributed by atoms with E-state index in [2.05, 4.69) is 16.7 Å². The normalized spacial score (nSPS) is 24.1. The van der Waals surface area contributed by atoms with Gasteiger partial charge in [-0.05, 0) is 58.5 Å². The van der Waals surface area contributed by atoms with E-state index in [0.29, 0.717) is 12.5 Å². The van der Waals surface area contributed by atoms with Crippen molar-refractivity contribution in [1.82, 2.24) is 9.80 Å². The molecule has 116 valence electrons. The first kappa shape index (κ1) is 15.8. The van der Waals surface area contributed by atoms with Crippen molar-refractivity contribution in [2.24, 2.45) is 11.8 Å². The van der Waals surface area contributed by atoms with Crippen molar-refractivity contribution in [2.75, 3.05) is 32.7 Å². The molecule has 2 heterocycles. The summed E-state index contributed by atoms with van der Waals surface area (Å²) in [7, 11) is 0. The van der Waals surface area contributed by atoms with Crippen LogP contribution in [0.1, 0.15) is 46.5 Å². The molecule has 2 aliphatic heterocycles. The Bertz CT molecular complexity index is 322. The van der Waals surface area contributed by atoms with Gasteiger partial charge in [0.05, 0.1) is 5.60 Å². The molecule has 0 aliphatic carbocycles. The fourth-order valence-electron chi connectivity index (χ4n) is 3.37. The third kappa shape index (κ3) is 4.45. The summed E-state index contributed by atoms with van der Waals surface area (Å²) in [6.45, 7) is 10.4. The molecular formula is C16H30N2O2. The first-order valence-corrected chi connectivity index (χ1v) is 8.09. The van der Waals surface area contributed by atoms with E-state index in [1.54, 1.807) is 0 Å². The molecule has 0 spiro atoms. The molecule has 0 saturated carbocycles. The molecule has 1 N–H and O–H groups in total. The van der Waals surface area contributed by atoms with Crippen LogP contribution in [-0.4, -0.2) is 59.1 Å². The molecular weight excluding hydrogens is 252 g/mol. The number of hydrogen-bond donors (Lipinski definition) is 1. The highest BCUT2D eigenvalue weighted by Gasteiger charge is 2.31. The maximum absolute atomic E-state index is 12.5. The van der Waals surface area contributed by atoms with Crippen LogP contribution in [0.3, 0.4) is 0 Å². The second-order valence-corrected chi connectivity index (χ2v) is 7.37. The maximum atomic E-state index is 12.5. The number of rotatable bonds is 3. The SMILES string of the molecule is CC1CCN(C(=O)C2CCN(CC(C)(C)O)CC2)CC1. The fraction of sp³-hybridized carbons (Fsp3) is 0.938. The van der Waals surface area contributed by atoms with Crippen LogP contribution in [0.2, 0.25) is 0 Å². The van der Waals surface area contributed by atoms with Crippen LogP contribution in [0.25, 0.3) is 0 Å². The highest BCUT2D eigenvalue weighted by molar-refractivity contribution is 5.79. The lowest BCUT2D eigenvalue weighted by Gasteiger charge is -2.38. The number of likely N-dealkylation sites (tertiary alicyclic amines) is 2. The minimum Gasteiger partial charge on any atom is -0.389 e. The van der Waals surface area contributed by atoms with Gasteiger partial charge >= 0.3 is 0 Å². The summed E-state index contributed by atoms with van der Waals surface area (Å²) in [5.41, 5.74) is -0.639. The quantitative estimate of drug-likeness (QED) is 0.857. The van der Waals surface area contributed by atoms with E-state index in [9.17, 15) is 9.90 Å². The van der Waals surface area contributed by atoms with Crippen molar-refractivity contribution in [3.63, 3.8) is 0 Å². The molecule has 0 unspecified atom stereocenters. The van der Waals surface area contributed by atoms with Crippen LogP contribution in [0.5, 0.6) is 0 Å². The fourth-order valence-corrected chi connectivity index (χ4v) is 3.37. The molecule has 2 saturated heterocycles. The predicted molar refractivity (Wildman–Crippen MR) is 80.4 cm³/mol. The van der Waals surface area contributed by atoms with E-state index in [-0.39, 0.29) is 5.92 Å². The lowest BCUT2D eigenvalue weighted by molar-refractivity contribution is -0.138. The molecule has 0 bridgehead atoms. The molecule has 0 aromatic heterocycles. The van der Waals surface area contributed by atoms with Crippen molar-refractivity contribution in [3.05, 3.63) is 0 Å². The Balaban J connectivity index is 1.77. The molecule has 0 atom stereocenters. The lowest BCUT2D eigenvalue weighted by Crippen LogP contribution is -2.47. The Hall–Kier alpha value is -0.610. The third-order valence-electron chi connectivity index (χ3n) is 4.64. The number of piperidine rings is 2. The summed E-state index contributed by atoms with van der Waals surface area (Å²) < 4.78 is 0. The molecule has 4 heteroatoms. The number of β-amino-alcohol motifs (C(OH)–C–C–N with tert-alkyl or cyclic N) is 1. The van der Waals surface area contributed by atoms with Crippen molar-refractivity contribution in [3.8, 4) is 0 Å². The van der Waals surface area contributed by atoms with Gasteiger partial charge in [0.1, 0.15) is 0 Å². The molecule has 2 fully saturated rings. The van der Waals surface area contributed by atoms with E-state index in [0.717, 1.165) is 57.8 Å². The molecule has 0 aromatic rings. The molecule has 2 rings (SSSR count). The molecule has 0 aromatic carbocycles. The van der Waals surface area contributed by atoms with E-state index < -0.39 is 5.60 Å². The maximum Gasteiger partial charge on any atom is 0.225 e. The number of hydrogen-bond acceptors (Lipinski definition) is 3. The predicted octanol–water partition coefficient (Wildman–Crippen LogP) is 1.73. The summed E-state index contributed by atoms with van der Waals surface area (Å²) in [6.07, 6.45) is 4.20. The van der Waals surface area contributed by atoms with E-state index in [4.69, 9.17) is 0 Å². The van der Waals surface area contributed by atoms with Crippen LogP contribution in [0, 0.1) is 11.8 Å². The number of carbonyl (C=O) groups excluding carboxylic acids is 1. The summed E-state index contributed by atoms with van der Waals surface area (Å²) in [5.74, 6) is 1.36. The second kappa shape index (κ2) is 6.44. The Morgan fingerprint density at radius 3 is 2.15 bits per heavy atom. The van der Waals surface area contributed by atoms with Gasteiger partial charge in [-0.15, -0.1) is 0 Å². The first-order valence-electron chi connectivity index (χ1n) is 8.09. The summed E-state index contributed by atoms with van der Waals surface area (Å²) in [4.78, 5) is 16.9. The number of aliphatic hydroxyl groups is 1. The van der Waals surface area contributed by atoms with Crippen molar-refractivity contribution in [2.45, 2.75) is 52.1 Å². The van der Waals surface area contributed by atoms with E-state index >= 15 is 0 Å². The van der Waals surface area contributed by atoms with Crippen molar-refractivity contribution < 1.29 is 9.90 Å². The molecule has 20 heavy (non-hydrogen) atoms. The van der Waals surface area contributed by atoms with Crippen LogP contribution >= 0.6 is 0 Å². The molecule has 0 radical (unpaired) electrons. The van der Waals surface area contributed by atoms with Gasteiger partial charge in [0, 0.05) is 25.6 Å². The molecule has 4 nitrogen and oxygen atoms in total. The van der Waals surface area contributed by atoms with Gasteiger partial charge in [0.2, 0.25) is 5.91 Å². The zero-order valence-electron chi connectivity index (χ0n) is 13.3. The molecule has 2 aliphatic rings. The Kier molecular flexibility index (Phi) is 5.08. The van der Waals surface area contributed by atoms with Crippen molar-refractivity contribution in [1.29, 1.82) is 0 Å². The highest BCUT2D eigenvalue weighted by Crippen LogP contribution is 2.24. The number of amides is 1. The minimum atomic E-state index is -0.639. The van der Waals surface area contributed by atoms with Crippen LogP contribution in [-0.2, 0) is 4.79 Å². The second-order valence-electron chi connectivity index (χ2n) is 7.37. The van der Waals surface area contributed by atoms with E-state index in [1.165, 1.54) is 0 Å². The lowest BCUT2D eigenvalue weighted by atomic mass is 9.92. The smallest absolute Gasteiger partial charge is 0.225 e. The van der Waals surface area contributed by atoms with Gasteiger partial charge in [-0.3, -0.25) is 4.79 Å². The zero-order chi connectivity index (χ0) is 14.8. The summed E-state index contributed by atoms with van der Waals surface area (Å²) in [6, 6.07) is 0. The average molecular weight is 282 g/mol. The molecule has 1 amide bonds. The van der Waals surface area contributed by atoms with Gasteiger partial charge in [0.15, 0.2) is 0 Å². The topological polar surface area (TPSA) is 43.8 Å². The Morgan fingerprint density at radius 1 is 1.10 bits per heavy atom. The monoisotopic (exact) mass is 282 g/mol. The Morgan fingerprint density at radius 2 is 1.65 bits per heavy atom. The van der Waals surface area contributed by atoms with Crippen LogP contribution in [0.15, 0.2) is 0 Å². The standard InChI is InChI=1S/C16H30N2O2/c1-13-4-10-18(11-5-13)15(19)14-6-8-17(9-7-14)12-16(2,3)20/h13-14,20H,4-12H2,1-3H3. The largest absolute Gasteiger partial charge is 0.389 e. The van der Waals surface area contributed by atoms with Gasteiger partial charge in [-0.2, -0.15) is 0 Å². The average Bonchev–Trinajstić information content (AvgIpc) is 2.38. The Labute approximate surface area is 123 Å². The van der Waals surface area contributed by atoms with Gasteiger partial charge < -0.3 is 14.9 Å². The van der Waals surface area contributed by atoms with Crippen molar-refractivity contribution >= 4 is 5.91 Å². The minimum absolute atomic E-state index is 0.210. The van der Waals surface area contributed by atoms with Crippen LogP contribution in [0.4, 0.5) is 0 Å². The first-order chi connectivity index (χ1) is 9.35. The number of carbonyl (C=O) groups is 1. The number of nitrogens with zero attached hydrogens (tertiary/aromatic N) is 2. The van der Waals surface area contributed by atoms with Gasteiger partial charge in [0.25, 0.3) is 0 Å². The van der Waals surface area contributed by atoms with Gasteiger partial charge in [-0.25, -0.2) is 0 Å². The van der Waals surface area contributed by atoms with E-state index in [1.807, 2.05) is 13.8 Å². The summed E-state index contributed by atoms with van der Waals surface area (Å²) in [5, 5.41) is 9.86. The zero-order valence-corrected chi connectivity index (χ0v) is 13.3. The summed E-state index contributed by atoms with van der Waals surface area (Å²) >= 11 is 0. The van der Waals surface area contributed by atoms with Gasteiger partial charge in [-0.1, -0.05) is 6.92 Å². The highest BCUT2D eigenvalue weighted by atomic mass is 16.3. The van der Waals surface area contributed by atoms with Crippen LogP contribution < -0.4 is 0 Å².